The van der Waals surface area contributed by atoms with Crippen molar-refractivity contribution >= 4 is 9.84 Å². The van der Waals surface area contributed by atoms with E-state index in [1.54, 1.807) is 24.3 Å². The Labute approximate surface area is 159 Å². The van der Waals surface area contributed by atoms with Crippen LogP contribution < -0.4 is 0 Å². The van der Waals surface area contributed by atoms with Gasteiger partial charge in [-0.3, -0.25) is 0 Å². The summed E-state index contributed by atoms with van der Waals surface area (Å²) in [6.07, 6.45) is -0.288. The molecular formula is C20H24F2O4S. The Hall–Kier alpha value is -1.83. The second-order valence-electron chi connectivity index (χ2n) is 6.28. The monoisotopic (exact) mass is 398 g/mol. The van der Waals surface area contributed by atoms with Crippen molar-refractivity contribution in [3.63, 3.8) is 0 Å². The van der Waals surface area contributed by atoms with Crippen LogP contribution >= 0.6 is 0 Å². The van der Waals surface area contributed by atoms with Crippen LogP contribution in [-0.2, 0) is 19.3 Å². The van der Waals surface area contributed by atoms with Crippen molar-refractivity contribution in [2.24, 2.45) is 0 Å². The average Bonchev–Trinajstić information content (AvgIpc) is 2.65. The minimum Gasteiger partial charge on any atom is -0.377 e. The Balaban J connectivity index is 1.93. The zero-order valence-corrected chi connectivity index (χ0v) is 16.2. The molecule has 0 saturated heterocycles. The number of ether oxygens (including phenoxy) is 2. The maximum atomic E-state index is 13.0. The molecule has 2 rings (SSSR count). The van der Waals surface area contributed by atoms with Gasteiger partial charge in [-0.25, -0.2) is 17.2 Å². The zero-order chi connectivity index (χ0) is 19.9. The van der Waals surface area contributed by atoms with Crippen molar-refractivity contribution in [3.8, 4) is 0 Å². The minimum absolute atomic E-state index is 0.0528. The van der Waals surface area contributed by atoms with Gasteiger partial charge in [0.15, 0.2) is 9.84 Å². The molecule has 4 nitrogen and oxygen atoms in total. The highest BCUT2D eigenvalue weighted by Gasteiger charge is 2.20. The molecule has 0 aliphatic heterocycles. The first-order chi connectivity index (χ1) is 12.8. The smallest absolute Gasteiger partial charge is 0.150 e. The molecule has 7 heteroatoms. The van der Waals surface area contributed by atoms with Gasteiger partial charge in [-0.1, -0.05) is 24.3 Å². The van der Waals surface area contributed by atoms with E-state index in [0.29, 0.717) is 0 Å². The van der Waals surface area contributed by atoms with Gasteiger partial charge in [0.25, 0.3) is 0 Å². The van der Waals surface area contributed by atoms with Crippen LogP contribution in [0, 0.1) is 11.6 Å². The molecular weight excluding hydrogens is 374 g/mol. The summed E-state index contributed by atoms with van der Waals surface area (Å²) in [4.78, 5) is 0. The summed E-state index contributed by atoms with van der Waals surface area (Å²) in [7, 11) is -0.340. The van der Waals surface area contributed by atoms with E-state index in [1.807, 2.05) is 0 Å². The molecule has 148 valence electrons. The van der Waals surface area contributed by atoms with Gasteiger partial charge >= 0.3 is 0 Å². The van der Waals surface area contributed by atoms with Crippen molar-refractivity contribution in [3.05, 3.63) is 71.3 Å². The van der Waals surface area contributed by atoms with Crippen LogP contribution in [0.5, 0.6) is 0 Å². The molecule has 0 amide bonds. The van der Waals surface area contributed by atoms with Crippen LogP contribution in [0.1, 0.15) is 36.2 Å². The van der Waals surface area contributed by atoms with Crippen LogP contribution in [0.3, 0.4) is 0 Å². The SMILES string of the molecule is COC(CCS(=O)(=O)CCC(OC)c1ccc(F)cc1)c1ccc(F)cc1. The maximum absolute atomic E-state index is 13.0. The summed E-state index contributed by atoms with van der Waals surface area (Å²) in [6, 6.07) is 11.6. The molecule has 0 bridgehead atoms. The molecule has 0 aliphatic carbocycles. The topological polar surface area (TPSA) is 52.6 Å². The molecule has 0 aliphatic rings. The van der Waals surface area contributed by atoms with Gasteiger partial charge in [0.05, 0.1) is 23.7 Å². The Bertz CT molecular complexity index is 741. The molecule has 0 N–H and O–H groups in total. The number of hydrogen-bond acceptors (Lipinski definition) is 4. The van der Waals surface area contributed by atoms with Gasteiger partial charge in [-0.2, -0.15) is 0 Å². The van der Waals surface area contributed by atoms with Gasteiger partial charge in [0, 0.05) is 14.2 Å². The summed E-state index contributed by atoms with van der Waals surface area (Å²) in [5.41, 5.74) is 1.46. The fourth-order valence-corrected chi connectivity index (χ4v) is 4.22. The zero-order valence-electron chi connectivity index (χ0n) is 15.4. The van der Waals surface area contributed by atoms with E-state index >= 15 is 0 Å². The number of sulfone groups is 1. The van der Waals surface area contributed by atoms with Crippen LogP contribution in [-0.4, -0.2) is 34.1 Å². The van der Waals surface area contributed by atoms with Crippen molar-refractivity contribution in [1.29, 1.82) is 0 Å². The average molecular weight is 398 g/mol. The molecule has 2 atom stereocenters. The van der Waals surface area contributed by atoms with Crippen LogP contribution in [0.15, 0.2) is 48.5 Å². The lowest BCUT2D eigenvalue weighted by atomic mass is 10.1. The van der Waals surface area contributed by atoms with Gasteiger partial charge in [-0.15, -0.1) is 0 Å². The van der Waals surface area contributed by atoms with E-state index in [0.717, 1.165) is 11.1 Å². The van der Waals surface area contributed by atoms with E-state index in [4.69, 9.17) is 9.47 Å². The molecule has 0 spiro atoms. The first-order valence-corrected chi connectivity index (χ1v) is 10.4. The fraction of sp³-hybridized carbons (Fsp3) is 0.400. The lowest BCUT2D eigenvalue weighted by Gasteiger charge is -2.18. The normalized spacial score (nSPS) is 14.1. The third kappa shape index (κ3) is 6.68. The van der Waals surface area contributed by atoms with E-state index < -0.39 is 22.0 Å². The van der Waals surface area contributed by atoms with Crippen molar-refractivity contribution in [2.45, 2.75) is 25.0 Å². The molecule has 2 aromatic carbocycles. The second kappa shape index (κ2) is 9.92. The Morgan fingerprint density at radius 3 is 1.37 bits per heavy atom. The molecule has 0 fully saturated rings. The lowest BCUT2D eigenvalue weighted by Crippen LogP contribution is -2.17. The third-order valence-corrected chi connectivity index (χ3v) is 6.15. The van der Waals surface area contributed by atoms with Gasteiger partial charge in [-0.05, 0) is 48.2 Å². The van der Waals surface area contributed by atoms with Crippen molar-refractivity contribution < 1.29 is 26.7 Å². The van der Waals surface area contributed by atoms with E-state index in [-0.39, 0.29) is 36.0 Å². The summed E-state index contributed by atoms with van der Waals surface area (Å²) in [6.45, 7) is 0. The number of methoxy groups -OCH3 is 2. The van der Waals surface area contributed by atoms with E-state index in [2.05, 4.69) is 0 Å². The highest BCUT2D eigenvalue weighted by atomic mass is 32.2. The number of rotatable bonds is 10. The highest BCUT2D eigenvalue weighted by molar-refractivity contribution is 7.91. The minimum atomic E-state index is -3.33. The van der Waals surface area contributed by atoms with E-state index in [1.165, 1.54) is 38.5 Å². The molecule has 0 saturated carbocycles. The highest BCUT2D eigenvalue weighted by Crippen LogP contribution is 2.24. The summed E-state index contributed by atoms with van der Waals surface area (Å²) < 4.78 is 61.6. The fourth-order valence-electron chi connectivity index (χ4n) is 2.87. The molecule has 0 aromatic heterocycles. The molecule has 0 radical (unpaired) electrons. The van der Waals surface area contributed by atoms with Crippen molar-refractivity contribution in [1.82, 2.24) is 0 Å². The molecule has 2 unspecified atom stereocenters. The Morgan fingerprint density at radius 1 is 0.741 bits per heavy atom. The maximum Gasteiger partial charge on any atom is 0.150 e. The third-order valence-electron chi connectivity index (χ3n) is 4.43. The lowest BCUT2D eigenvalue weighted by molar-refractivity contribution is 0.0991. The standard InChI is InChI=1S/C20H24F2O4S/c1-25-19(15-3-7-17(21)8-4-15)11-13-27(23,24)14-12-20(26-2)16-5-9-18(22)10-6-16/h3-10,19-20H,11-14H2,1-2H3. The number of hydrogen-bond donors (Lipinski definition) is 0. The first kappa shape index (κ1) is 21.5. The molecule has 2 aromatic rings. The molecule has 0 heterocycles. The predicted molar refractivity (Wildman–Crippen MR) is 100 cm³/mol. The number of benzene rings is 2. The van der Waals surface area contributed by atoms with Gasteiger partial charge in [0.2, 0.25) is 0 Å². The summed E-state index contributed by atoms with van der Waals surface area (Å²) in [5, 5.41) is 0. The van der Waals surface area contributed by atoms with Crippen LogP contribution in [0.25, 0.3) is 0 Å². The summed E-state index contributed by atoms with van der Waals surface area (Å²) >= 11 is 0. The van der Waals surface area contributed by atoms with Gasteiger partial charge in [0.1, 0.15) is 11.6 Å². The Kier molecular flexibility index (Phi) is 7.89. The quantitative estimate of drug-likeness (QED) is 0.601. The first-order valence-electron chi connectivity index (χ1n) is 8.61. The largest absolute Gasteiger partial charge is 0.377 e. The summed E-state index contributed by atoms with van der Waals surface area (Å²) in [5.74, 6) is -0.814. The van der Waals surface area contributed by atoms with E-state index in [9.17, 15) is 17.2 Å². The predicted octanol–water partition coefficient (Wildman–Crippen LogP) is 4.24. The second-order valence-corrected chi connectivity index (χ2v) is 8.58. The van der Waals surface area contributed by atoms with Crippen LogP contribution in [0.4, 0.5) is 8.78 Å². The Morgan fingerprint density at radius 2 is 1.07 bits per heavy atom. The molecule has 27 heavy (non-hydrogen) atoms. The van der Waals surface area contributed by atoms with Gasteiger partial charge < -0.3 is 9.47 Å². The van der Waals surface area contributed by atoms with Crippen molar-refractivity contribution in [2.75, 3.05) is 25.7 Å². The van der Waals surface area contributed by atoms with Crippen LogP contribution in [0.2, 0.25) is 0 Å². The number of halogens is 2.